The molecule has 0 aliphatic carbocycles. The summed E-state index contributed by atoms with van der Waals surface area (Å²) in [4.78, 5) is 12.0. The summed E-state index contributed by atoms with van der Waals surface area (Å²) in [7, 11) is 0. The van der Waals surface area contributed by atoms with Crippen molar-refractivity contribution in [3.05, 3.63) is 68.7 Å². The van der Waals surface area contributed by atoms with Gasteiger partial charge in [-0.2, -0.15) is 0 Å². The van der Waals surface area contributed by atoms with Crippen LogP contribution in [-0.2, 0) is 6.42 Å². The molecule has 0 fully saturated rings. The monoisotopic (exact) mass is 344 g/mol. The van der Waals surface area contributed by atoms with Crippen molar-refractivity contribution in [3.8, 4) is 0 Å². The van der Waals surface area contributed by atoms with Crippen LogP contribution < -0.4 is 0 Å². The van der Waals surface area contributed by atoms with Crippen molar-refractivity contribution in [1.29, 1.82) is 0 Å². The lowest BCUT2D eigenvalue weighted by atomic mass is 10.0. The van der Waals surface area contributed by atoms with Crippen molar-refractivity contribution in [2.75, 3.05) is 0 Å². The van der Waals surface area contributed by atoms with Crippen LogP contribution in [0.25, 0.3) is 0 Å². The molecule has 19 heavy (non-hydrogen) atoms. The second-order valence-electron chi connectivity index (χ2n) is 3.94. The highest BCUT2D eigenvalue weighted by Crippen LogP contribution is 2.23. The third-order valence-corrected chi connectivity index (χ3v) is 3.56. The van der Waals surface area contributed by atoms with Crippen molar-refractivity contribution in [2.24, 2.45) is 0 Å². The van der Waals surface area contributed by atoms with Gasteiger partial charge in [0, 0.05) is 16.5 Å². The van der Waals surface area contributed by atoms with Crippen LogP contribution in [0.15, 0.2) is 40.9 Å². The van der Waals surface area contributed by atoms with E-state index < -0.39 is 11.6 Å². The molecule has 0 heterocycles. The molecule has 0 unspecified atom stereocenters. The number of benzene rings is 2. The second-order valence-corrected chi connectivity index (χ2v) is 5.20. The lowest BCUT2D eigenvalue weighted by Crippen LogP contribution is -2.06. The van der Waals surface area contributed by atoms with E-state index in [0.717, 1.165) is 0 Å². The summed E-state index contributed by atoms with van der Waals surface area (Å²) in [6.07, 6.45) is -0.128. The molecule has 0 bridgehead atoms. The molecule has 5 heteroatoms. The quantitative estimate of drug-likeness (QED) is 0.730. The Morgan fingerprint density at radius 1 is 1.21 bits per heavy atom. The minimum absolute atomic E-state index is 0.0246. The van der Waals surface area contributed by atoms with E-state index in [1.807, 2.05) is 0 Å². The smallest absolute Gasteiger partial charge is 0.168 e. The highest BCUT2D eigenvalue weighted by Gasteiger charge is 2.15. The molecule has 0 saturated heterocycles. The van der Waals surface area contributed by atoms with Crippen molar-refractivity contribution in [2.45, 2.75) is 6.42 Å². The molecule has 0 atom stereocenters. The van der Waals surface area contributed by atoms with Gasteiger partial charge in [0.1, 0.15) is 11.6 Å². The van der Waals surface area contributed by atoms with Crippen molar-refractivity contribution in [1.82, 2.24) is 0 Å². The number of rotatable bonds is 3. The lowest BCUT2D eigenvalue weighted by molar-refractivity contribution is 0.0991. The van der Waals surface area contributed by atoms with Gasteiger partial charge in [-0.3, -0.25) is 4.79 Å². The third-order valence-electron chi connectivity index (χ3n) is 2.61. The van der Waals surface area contributed by atoms with Crippen LogP contribution in [0, 0.1) is 11.6 Å². The van der Waals surface area contributed by atoms with Crippen LogP contribution in [-0.4, -0.2) is 5.78 Å². The number of hydrogen-bond donors (Lipinski definition) is 0. The van der Waals surface area contributed by atoms with E-state index in [1.54, 1.807) is 6.07 Å². The van der Waals surface area contributed by atoms with Gasteiger partial charge < -0.3 is 0 Å². The van der Waals surface area contributed by atoms with Gasteiger partial charge in [0.05, 0.1) is 5.02 Å². The molecule has 0 aromatic heterocycles. The first-order chi connectivity index (χ1) is 8.99. The molecular weight excluding hydrogens is 338 g/mol. The van der Waals surface area contributed by atoms with E-state index in [4.69, 9.17) is 11.6 Å². The number of hydrogen-bond acceptors (Lipinski definition) is 1. The van der Waals surface area contributed by atoms with E-state index in [0.29, 0.717) is 10.0 Å². The molecular formula is C14H8BrClF2O. The van der Waals surface area contributed by atoms with E-state index in [1.165, 1.54) is 30.3 Å². The molecule has 2 aromatic carbocycles. The number of carbonyl (C=O) groups is 1. The molecule has 0 amide bonds. The van der Waals surface area contributed by atoms with Gasteiger partial charge in [-0.25, -0.2) is 8.78 Å². The van der Waals surface area contributed by atoms with E-state index in [9.17, 15) is 13.6 Å². The number of carbonyl (C=O) groups excluding carboxylic acids is 1. The van der Waals surface area contributed by atoms with Crippen LogP contribution in [0.1, 0.15) is 15.9 Å². The average Bonchev–Trinajstić information content (AvgIpc) is 2.34. The van der Waals surface area contributed by atoms with Crippen LogP contribution >= 0.6 is 27.5 Å². The molecule has 0 radical (unpaired) electrons. The maximum absolute atomic E-state index is 13.7. The Morgan fingerprint density at radius 3 is 2.63 bits per heavy atom. The average molecular weight is 346 g/mol. The first-order valence-electron chi connectivity index (χ1n) is 5.40. The van der Waals surface area contributed by atoms with Gasteiger partial charge in [0.15, 0.2) is 5.78 Å². The Bertz CT molecular complexity index is 643. The van der Waals surface area contributed by atoms with Gasteiger partial charge in [0.2, 0.25) is 0 Å². The summed E-state index contributed by atoms with van der Waals surface area (Å²) in [6, 6.07) is 8.24. The highest BCUT2D eigenvalue weighted by molar-refractivity contribution is 9.10. The molecule has 0 spiro atoms. The van der Waals surface area contributed by atoms with Crippen molar-refractivity contribution < 1.29 is 13.6 Å². The number of Topliss-reactive ketones (excluding diaryl/α,β-unsaturated/α-hetero) is 1. The molecule has 0 N–H and O–H groups in total. The zero-order valence-corrected chi connectivity index (χ0v) is 11.9. The second kappa shape index (κ2) is 5.80. The Balaban J connectivity index is 2.28. The van der Waals surface area contributed by atoms with E-state index in [2.05, 4.69) is 15.9 Å². The van der Waals surface area contributed by atoms with E-state index >= 15 is 0 Å². The molecule has 0 aliphatic heterocycles. The zero-order valence-electron chi connectivity index (χ0n) is 9.59. The minimum Gasteiger partial charge on any atom is -0.294 e. The maximum atomic E-state index is 13.7. The largest absolute Gasteiger partial charge is 0.294 e. The fourth-order valence-corrected chi connectivity index (χ4v) is 2.43. The predicted molar refractivity (Wildman–Crippen MR) is 73.5 cm³/mol. The summed E-state index contributed by atoms with van der Waals surface area (Å²) in [5.74, 6) is -1.36. The van der Waals surface area contributed by atoms with Gasteiger partial charge in [-0.15, -0.1) is 0 Å². The molecule has 0 aliphatic rings. The van der Waals surface area contributed by atoms with Crippen molar-refractivity contribution in [3.63, 3.8) is 0 Å². The predicted octanol–water partition coefficient (Wildman–Crippen LogP) is 4.81. The summed E-state index contributed by atoms with van der Waals surface area (Å²) < 4.78 is 27.0. The Morgan fingerprint density at radius 2 is 1.95 bits per heavy atom. The van der Waals surface area contributed by atoms with E-state index in [-0.39, 0.29) is 22.8 Å². The number of ketones is 1. The zero-order chi connectivity index (χ0) is 14.0. The highest BCUT2D eigenvalue weighted by atomic mass is 79.9. The fourth-order valence-electron chi connectivity index (χ4n) is 1.67. The number of halogens is 4. The van der Waals surface area contributed by atoms with Crippen LogP contribution in [0.3, 0.4) is 0 Å². The standard InChI is InChI=1S/C14H8BrClF2O/c15-11-7-9(17)4-5-10(11)13(19)6-8-2-1-3-12(16)14(8)18/h1-5,7H,6H2. The topological polar surface area (TPSA) is 17.1 Å². The molecule has 98 valence electrons. The SMILES string of the molecule is O=C(Cc1cccc(Cl)c1F)c1ccc(F)cc1Br. The van der Waals surface area contributed by atoms with Crippen LogP contribution in [0.5, 0.6) is 0 Å². The normalized spacial score (nSPS) is 10.5. The fraction of sp³-hybridized carbons (Fsp3) is 0.0714. The van der Waals surface area contributed by atoms with Gasteiger partial charge in [0.25, 0.3) is 0 Å². The van der Waals surface area contributed by atoms with Crippen LogP contribution in [0.4, 0.5) is 8.78 Å². The molecule has 1 nitrogen and oxygen atoms in total. The summed E-state index contributed by atoms with van der Waals surface area (Å²) in [5.41, 5.74) is 0.523. The lowest BCUT2D eigenvalue weighted by Gasteiger charge is -2.06. The molecule has 0 saturated carbocycles. The van der Waals surface area contributed by atoms with Gasteiger partial charge >= 0.3 is 0 Å². The van der Waals surface area contributed by atoms with Gasteiger partial charge in [-0.1, -0.05) is 23.7 Å². The van der Waals surface area contributed by atoms with Crippen LogP contribution in [0.2, 0.25) is 5.02 Å². The summed E-state index contributed by atoms with van der Waals surface area (Å²) >= 11 is 8.76. The van der Waals surface area contributed by atoms with Crippen molar-refractivity contribution >= 4 is 33.3 Å². The molecule has 2 rings (SSSR count). The minimum atomic E-state index is -0.601. The summed E-state index contributed by atoms with van der Waals surface area (Å²) in [6.45, 7) is 0. The molecule has 2 aromatic rings. The Hall–Kier alpha value is -1.26. The Labute approximate surface area is 122 Å². The van der Waals surface area contributed by atoms with Gasteiger partial charge in [-0.05, 0) is 45.8 Å². The first kappa shape index (κ1) is 14.2. The third kappa shape index (κ3) is 3.19. The maximum Gasteiger partial charge on any atom is 0.168 e. The summed E-state index contributed by atoms with van der Waals surface area (Å²) in [5, 5.41) is -0.0246. The first-order valence-corrected chi connectivity index (χ1v) is 6.57. The Kier molecular flexibility index (Phi) is 4.32.